The van der Waals surface area contributed by atoms with Gasteiger partial charge in [0.1, 0.15) is 18.5 Å². The first-order chi connectivity index (χ1) is 9.85. The van der Waals surface area contributed by atoms with Gasteiger partial charge in [-0.1, -0.05) is 37.0 Å². The van der Waals surface area contributed by atoms with Crippen molar-refractivity contribution in [3.63, 3.8) is 0 Å². The molecule has 2 unspecified atom stereocenters. The zero-order chi connectivity index (χ0) is 15.5. The average molecular weight is 332 g/mol. The number of hydrogen-bond donors (Lipinski definition) is 2. The van der Waals surface area contributed by atoms with Crippen molar-refractivity contribution in [1.82, 2.24) is 5.32 Å². The Morgan fingerprint density at radius 2 is 2.19 bits per heavy atom. The molecule has 1 fully saturated rings. The highest BCUT2D eigenvalue weighted by Crippen LogP contribution is 2.36. The van der Waals surface area contributed by atoms with E-state index >= 15 is 0 Å². The molecule has 0 heterocycles. The predicted molar refractivity (Wildman–Crippen MR) is 87.4 cm³/mol. The van der Waals surface area contributed by atoms with Gasteiger partial charge in [-0.25, -0.2) is 0 Å². The van der Waals surface area contributed by atoms with Crippen LogP contribution < -0.4 is 10.1 Å². The summed E-state index contributed by atoms with van der Waals surface area (Å²) >= 11 is 11.9. The lowest BCUT2D eigenvalue weighted by Crippen LogP contribution is -2.37. The molecule has 1 aromatic carbocycles. The van der Waals surface area contributed by atoms with Crippen molar-refractivity contribution < 1.29 is 9.84 Å². The maximum absolute atomic E-state index is 10.00. The smallest absolute Gasteiger partial charge is 0.139 e. The molecule has 0 amide bonds. The van der Waals surface area contributed by atoms with Crippen LogP contribution in [0.3, 0.4) is 0 Å². The zero-order valence-electron chi connectivity index (χ0n) is 12.5. The van der Waals surface area contributed by atoms with Crippen LogP contribution in [0.2, 0.25) is 10.0 Å². The first-order valence-corrected chi connectivity index (χ1v) is 8.11. The molecular formula is C16H23Cl2NO2. The first kappa shape index (κ1) is 16.9. The SMILES string of the molecule is CC1(C)CCC(NCC(O)COc2cc(Cl)ccc2Cl)C1. The zero-order valence-corrected chi connectivity index (χ0v) is 14.0. The molecule has 1 aliphatic carbocycles. The lowest BCUT2D eigenvalue weighted by molar-refractivity contribution is 0.103. The Morgan fingerprint density at radius 1 is 1.43 bits per heavy atom. The quantitative estimate of drug-likeness (QED) is 0.830. The normalized spacial score (nSPS) is 22.2. The molecular weight excluding hydrogens is 309 g/mol. The van der Waals surface area contributed by atoms with E-state index in [1.165, 1.54) is 12.8 Å². The lowest BCUT2D eigenvalue weighted by Gasteiger charge is -2.20. The molecule has 2 rings (SSSR count). The summed E-state index contributed by atoms with van der Waals surface area (Å²) in [7, 11) is 0. The molecule has 0 aliphatic heterocycles. The number of aliphatic hydroxyl groups excluding tert-OH is 1. The second-order valence-electron chi connectivity index (χ2n) is 6.55. The first-order valence-electron chi connectivity index (χ1n) is 7.35. The van der Waals surface area contributed by atoms with Crippen LogP contribution in [0.5, 0.6) is 5.75 Å². The average Bonchev–Trinajstić information content (AvgIpc) is 2.77. The number of aliphatic hydroxyl groups is 1. The molecule has 0 bridgehead atoms. The summed E-state index contributed by atoms with van der Waals surface area (Å²) in [5, 5.41) is 14.5. The third-order valence-corrected chi connectivity index (χ3v) is 4.48. The van der Waals surface area contributed by atoms with Gasteiger partial charge in [0.2, 0.25) is 0 Å². The maximum atomic E-state index is 10.00. The van der Waals surface area contributed by atoms with E-state index in [9.17, 15) is 5.11 Å². The van der Waals surface area contributed by atoms with E-state index in [2.05, 4.69) is 19.2 Å². The Bertz CT molecular complexity index is 479. The molecule has 0 saturated heterocycles. The largest absolute Gasteiger partial charge is 0.489 e. The van der Waals surface area contributed by atoms with Crippen molar-refractivity contribution in [3.05, 3.63) is 28.2 Å². The van der Waals surface area contributed by atoms with Gasteiger partial charge in [-0.15, -0.1) is 0 Å². The van der Waals surface area contributed by atoms with Gasteiger partial charge in [-0.2, -0.15) is 0 Å². The molecule has 1 saturated carbocycles. The van der Waals surface area contributed by atoms with Crippen LogP contribution in [0.15, 0.2) is 18.2 Å². The van der Waals surface area contributed by atoms with Gasteiger partial charge >= 0.3 is 0 Å². The number of halogens is 2. The van der Waals surface area contributed by atoms with Gasteiger partial charge in [-0.05, 0) is 36.8 Å². The van der Waals surface area contributed by atoms with Gasteiger partial charge in [0.05, 0.1) is 5.02 Å². The van der Waals surface area contributed by atoms with E-state index in [1.807, 2.05) is 0 Å². The van der Waals surface area contributed by atoms with Crippen molar-refractivity contribution in [3.8, 4) is 5.75 Å². The molecule has 5 heteroatoms. The lowest BCUT2D eigenvalue weighted by atomic mass is 9.92. The van der Waals surface area contributed by atoms with E-state index in [-0.39, 0.29) is 6.61 Å². The number of hydrogen-bond acceptors (Lipinski definition) is 3. The summed E-state index contributed by atoms with van der Waals surface area (Å²) in [6.07, 6.45) is 2.99. The van der Waals surface area contributed by atoms with Crippen LogP contribution in [0, 0.1) is 5.41 Å². The van der Waals surface area contributed by atoms with Crippen molar-refractivity contribution in [1.29, 1.82) is 0 Å². The van der Waals surface area contributed by atoms with E-state index in [1.54, 1.807) is 18.2 Å². The number of rotatable bonds is 6. The fraction of sp³-hybridized carbons (Fsp3) is 0.625. The topological polar surface area (TPSA) is 41.5 Å². The van der Waals surface area contributed by atoms with Gasteiger partial charge in [0.25, 0.3) is 0 Å². The summed E-state index contributed by atoms with van der Waals surface area (Å²) in [4.78, 5) is 0. The Hall–Kier alpha value is -0.480. The Labute approximate surface area is 136 Å². The molecule has 1 aromatic rings. The van der Waals surface area contributed by atoms with Gasteiger partial charge in [0, 0.05) is 23.7 Å². The number of nitrogens with one attached hydrogen (secondary N) is 1. The van der Waals surface area contributed by atoms with Crippen LogP contribution in [0.1, 0.15) is 33.1 Å². The molecule has 0 radical (unpaired) electrons. The molecule has 3 nitrogen and oxygen atoms in total. The van der Waals surface area contributed by atoms with Crippen molar-refractivity contribution >= 4 is 23.2 Å². The Balaban J connectivity index is 1.72. The third-order valence-electron chi connectivity index (χ3n) is 3.94. The monoisotopic (exact) mass is 331 g/mol. The van der Waals surface area contributed by atoms with E-state index in [0.29, 0.717) is 33.8 Å². The van der Waals surface area contributed by atoms with Crippen LogP contribution in [-0.4, -0.2) is 30.4 Å². The van der Waals surface area contributed by atoms with E-state index < -0.39 is 6.10 Å². The molecule has 21 heavy (non-hydrogen) atoms. The standard InChI is InChI=1S/C16H23Cl2NO2/c1-16(2)6-5-12(8-16)19-9-13(20)10-21-15-7-11(17)3-4-14(15)18/h3-4,7,12-13,19-20H,5-6,8-10H2,1-2H3. The highest BCUT2D eigenvalue weighted by molar-refractivity contribution is 6.34. The molecule has 0 spiro atoms. The number of benzene rings is 1. The summed E-state index contributed by atoms with van der Waals surface area (Å²) < 4.78 is 5.53. The summed E-state index contributed by atoms with van der Waals surface area (Å²) in [6.45, 7) is 5.30. The van der Waals surface area contributed by atoms with E-state index in [0.717, 1.165) is 6.42 Å². The molecule has 1 aliphatic rings. The minimum atomic E-state index is -0.566. The van der Waals surface area contributed by atoms with Crippen molar-refractivity contribution in [2.24, 2.45) is 5.41 Å². The second-order valence-corrected chi connectivity index (χ2v) is 7.40. The minimum absolute atomic E-state index is 0.198. The fourth-order valence-corrected chi connectivity index (χ4v) is 3.08. The number of ether oxygens (including phenoxy) is 1. The van der Waals surface area contributed by atoms with E-state index in [4.69, 9.17) is 27.9 Å². The van der Waals surface area contributed by atoms with Crippen LogP contribution in [0.25, 0.3) is 0 Å². The van der Waals surface area contributed by atoms with Crippen molar-refractivity contribution in [2.75, 3.05) is 13.2 Å². The van der Waals surface area contributed by atoms with Crippen LogP contribution >= 0.6 is 23.2 Å². The van der Waals surface area contributed by atoms with Gasteiger partial charge in [-0.3, -0.25) is 0 Å². The van der Waals surface area contributed by atoms with Gasteiger partial charge in [0.15, 0.2) is 0 Å². The molecule has 2 atom stereocenters. The van der Waals surface area contributed by atoms with Crippen molar-refractivity contribution in [2.45, 2.75) is 45.3 Å². The van der Waals surface area contributed by atoms with Crippen LogP contribution in [-0.2, 0) is 0 Å². The minimum Gasteiger partial charge on any atom is -0.489 e. The second kappa shape index (κ2) is 7.19. The Kier molecular flexibility index (Phi) is 5.78. The Morgan fingerprint density at radius 3 is 2.86 bits per heavy atom. The molecule has 0 aromatic heterocycles. The third kappa shape index (κ3) is 5.33. The molecule has 2 N–H and O–H groups in total. The highest BCUT2D eigenvalue weighted by Gasteiger charge is 2.30. The molecule has 118 valence electrons. The predicted octanol–water partition coefficient (Wildman–Crippen LogP) is 3.90. The summed E-state index contributed by atoms with van der Waals surface area (Å²) in [6, 6.07) is 5.54. The summed E-state index contributed by atoms with van der Waals surface area (Å²) in [5.41, 5.74) is 0.410. The fourth-order valence-electron chi connectivity index (χ4n) is 2.75. The summed E-state index contributed by atoms with van der Waals surface area (Å²) in [5.74, 6) is 0.505. The van der Waals surface area contributed by atoms with Crippen LogP contribution in [0.4, 0.5) is 0 Å². The van der Waals surface area contributed by atoms with Gasteiger partial charge < -0.3 is 15.2 Å². The maximum Gasteiger partial charge on any atom is 0.139 e. The highest BCUT2D eigenvalue weighted by atomic mass is 35.5.